The fourth-order valence-electron chi connectivity index (χ4n) is 2.34. The molecule has 0 bridgehead atoms. The quantitative estimate of drug-likeness (QED) is 0.677. The topological polar surface area (TPSA) is 61.4 Å². The molecule has 0 aromatic rings. The number of alkyl halides is 3. The molecule has 0 aromatic heterocycles. The van der Waals surface area contributed by atoms with E-state index in [9.17, 15) is 23.1 Å². The van der Waals surface area contributed by atoms with E-state index in [4.69, 9.17) is 0 Å². The zero-order valence-electron chi connectivity index (χ0n) is 11.7. The van der Waals surface area contributed by atoms with E-state index >= 15 is 0 Å². The highest BCUT2D eigenvalue weighted by Crippen LogP contribution is 2.26. The molecule has 3 N–H and O–H groups in total. The average Bonchev–Trinajstić information content (AvgIpc) is 2.57. The van der Waals surface area contributed by atoms with E-state index in [0.29, 0.717) is 12.8 Å². The van der Waals surface area contributed by atoms with Crippen molar-refractivity contribution in [2.24, 2.45) is 0 Å². The minimum absolute atomic E-state index is 0.230. The molecule has 1 rings (SSSR count). The molecular weight excluding hydrogens is 273 g/mol. The molecule has 1 atom stereocenters. The highest BCUT2D eigenvalue weighted by Gasteiger charge is 2.31. The van der Waals surface area contributed by atoms with E-state index in [1.165, 1.54) is 6.92 Å². The van der Waals surface area contributed by atoms with Crippen LogP contribution in [0.3, 0.4) is 0 Å². The molecule has 0 spiro atoms. The van der Waals surface area contributed by atoms with Gasteiger partial charge in [0.05, 0.1) is 11.6 Å². The first-order chi connectivity index (χ1) is 9.22. The van der Waals surface area contributed by atoms with Gasteiger partial charge in [-0.1, -0.05) is 25.7 Å². The van der Waals surface area contributed by atoms with Crippen molar-refractivity contribution in [2.75, 3.05) is 13.1 Å². The molecule has 1 amide bonds. The van der Waals surface area contributed by atoms with Crippen LogP contribution in [0.5, 0.6) is 0 Å². The van der Waals surface area contributed by atoms with Gasteiger partial charge in [0.1, 0.15) is 6.54 Å². The molecule has 0 saturated heterocycles. The molecule has 118 valence electrons. The van der Waals surface area contributed by atoms with E-state index in [0.717, 1.165) is 25.7 Å². The maximum atomic E-state index is 12.0. The van der Waals surface area contributed by atoms with Gasteiger partial charge in [-0.25, -0.2) is 0 Å². The predicted octanol–water partition coefficient (Wildman–Crippen LogP) is 1.73. The van der Waals surface area contributed by atoms with Crippen molar-refractivity contribution in [3.05, 3.63) is 0 Å². The fraction of sp³-hybridized carbons (Fsp3) is 0.923. The number of hydrogen-bond acceptors (Lipinski definition) is 3. The lowest BCUT2D eigenvalue weighted by Crippen LogP contribution is -2.50. The molecule has 1 aliphatic carbocycles. The van der Waals surface area contributed by atoms with Crippen molar-refractivity contribution in [1.82, 2.24) is 10.6 Å². The monoisotopic (exact) mass is 296 g/mol. The van der Waals surface area contributed by atoms with E-state index in [2.05, 4.69) is 5.32 Å². The third kappa shape index (κ3) is 6.56. The Balaban J connectivity index is 2.34. The van der Waals surface area contributed by atoms with Crippen LogP contribution in [0.25, 0.3) is 0 Å². The van der Waals surface area contributed by atoms with Crippen LogP contribution in [0, 0.1) is 0 Å². The third-order valence-electron chi connectivity index (χ3n) is 3.63. The number of nitrogens with one attached hydrogen (secondary N) is 2. The van der Waals surface area contributed by atoms with Gasteiger partial charge in [-0.2, -0.15) is 13.2 Å². The SMILES string of the molecule is CC(NCC1(O)CCCCCC1)C(=O)NCC(F)(F)F. The number of rotatable bonds is 5. The Bertz CT molecular complexity index is 313. The van der Waals surface area contributed by atoms with Crippen LogP contribution in [-0.2, 0) is 4.79 Å². The number of carbonyl (C=O) groups excluding carboxylic acids is 1. The summed E-state index contributed by atoms with van der Waals surface area (Å²) in [6.07, 6.45) is 0.968. The Morgan fingerprint density at radius 1 is 1.25 bits per heavy atom. The summed E-state index contributed by atoms with van der Waals surface area (Å²) in [6.45, 7) is 0.390. The van der Waals surface area contributed by atoms with Gasteiger partial charge in [-0.3, -0.25) is 4.79 Å². The summed E-state index contributed by atoms with van der Waals surface area (Å²) < 4.78 is 36.0. The summed E-state index contributed by atoms with van der Waals surface area (Å²) in [5, 5.41) is 15.0. The highest BCUT2D eigenvalue weighted by atomic mass is 19.4. The van der Waals surface area contributed by atoms with Crippen LogP contribution in [0.2, 0.25) is 0 Å². The van der Waals surface area contributed by atoms with Gasteiger partial charge >= 0.3 is 6.18 Å². The van der Waals surface area contributed by atoms with Gasteiger partial charge < -0.3 is 15.7 Å². The Hall–Kier alpha value is -0.820. The molecule has 0 aromatic carbocycles. The number of amides is 1. The molecule has 1 unspecified atom stereocenters. The largest absolute Gasteiger partial charge is 0.405 e. The molecule has 1 saturated carbocycles. The Labute approximate surface area is 117 Å². The second-order valence-corrected chi connectivity index (χ2v) is 5.57. The minimum atomic E-state index is -4.41. The summed E-state index contributed by atoms with van der Waals surface area (Å²) in [5.41, 5.74) is -0.852. The van der Waals surface area contributed by atoms with Gasteiger partial charge in [-0.05, 0) is 19.8 Å². The van der Waals surface area contributed by atoms with Gasteiger partial charge in [0.15, 0.2) is 0 Å². The lowest BCUT2D eigenvalue weighted by atomic mass is 9.94. The zero-order valence-corrected chi connectivity index (χ0v) is 11.7. The van der Waals surface area contributed by atoms with Crippen LogP contribution >= 0.6 is 0 Å². The number of carbonyl (C=O) groups is 1. The zero-order chi connectivity index (χ0) is 15.2. The van der Waals surface area contributed by atoms with Crippen LogP contribution < -0.4 is 10.6 Å². The molecule has 4 nitrogen and oxygen atoms in total. The lowest BCUT2D eigenvalue weighted by Gasteiger charge is -2.28. The van der Waals surface area contributed by atoms with Crippen molar-refractivity contribution in [2.45, 2.75) is 63.3 Å². The Morgan fingerprint density at radius 3 is 2.30 bits per heavy atom. The van der Waals surface area contributed by atoms with Gasteiger partial charge in [0, 0.05) is 6.54 Å². The van der Waals surface area contributed by atoms with Crippen molar-refractivity contribution < 1.29 is 23.1 Å². The molecule has 0 radical (unpaired) electrons. The smallest absolute Gasteiger partial charge is 0.389 e. The Kier molecular flexibility index (Phi) is 6.26. The highest BCUT2D eigenvalue weighted by molar-refractivity contribution is 5.81. The van der Waals surface area contributed by atoms with Crippen molar-refractivity contribution in [3.63, 3.8) is 0 Å². The summed E-state index contributed by atoms with van der Waals surface area (Å²) in [4.78, 5) is 11.5. The average molecular weight is 296 g/mol. The number of hydrogen-bond donors (Lipinski definition) is 3. The predicted molar refractivity (Wildman–Crippen MR) is 69.2 cm³/mol. The molecule has 7 heteroatoms. The van der Waals surface area contributed by atoms with Gasteiger partial charge in [-0.15, -0.1) is 0 Å². The van der Waals surface area contributed by atoms with Crippen LogP contribution in [0.4, 0.5) is 13.2 Å². The standard InChI is InChI=1S/C13H23F3N2O2/c1-10(11(19)18-9-13(14,15)16)17-8-12(20)6-4-2-3-5-7-12/h10,17,20H,2-9H2,1H3,(H,18,19). The van der Waals surface area contributed by atoms with Gasteiger partial charge in [0.2, 0.25) is 5.91 Å². The summed E-state index contributed by atoms with van der Waals surface area (Å²) >= 11 is 0. The maximum absolute atomic E-state index is 12.0. The van der Waals surface area contributed by atoms with E-state index in [1.54, 1.807) is 0 Å². The first-order valence-electron chi connectivity index (χ1n) is 7.02. The second kappa shape index (κ2) is 7.26. The normalized spacial score (nSPS) is 21.1. The lowest BCUT2D eigenvalue weighted by molar-refractivity contribution is -0.139. The molecule has 0 aliphatic heterocycles. The fourth-order valence-corrected chi connectivity index (χ4v) is 2.34. The summed E-state index contributed by atoms with van der Waals surface area (Å²) in [6, 6.07) is -0.760. The van der Waals surface area contributed by atoms with Crippen LogP contribution in [0.1, 0.15) is 45.4 Å². The third-order valence-corrected chi connectivity index (χ3v) is 3.63. The summed E-state index contributed by atoms with van der Waals surface area (Å²) in [5.74, 6) is -0.709. The van der Waals surface area contributed by atoms with Crippen molar-refractivity contribution in [1.29, 1.82) is 0 Å². The first-order valence-corrected chi connectivity index (χ1v) is 7.02. The van der Waals surface area contributed by atoms with Crippen molar-refractivity contribution in [3.8, 4) is 0 Å². The van der Waals surface area contributed by atoms with Crippen LogP contribution in [0.15, 0.2) is 0 Å². The first kappa shape index (κ1) is 17.2. The van der Waals surface area contributed by atoms with E-state index in [1.807, 2.05) is 5.32 Å². The molecule has 1 aliphatic rings. The summed E-state index contributed by atoms with van der Waals surface area (Å²) in [7, 11) is 0. The van der Waals surface area contributed by atoms with Crippen molar-refractivity contribution >= 4 is 5.91 Å². The van der Waals surface area contributed by atoms with E-state index in [-0.39, 0.29) is 6.54 Å². The molecular formula is C13H23F3N2O2. The second-order valence-electron chi connectivity index (χ2n) is 5.57. The number of aliphatic hydroxyl groups is 1. The molecule has 20 heavy (non-hydrogen) atoms. The van der Waals surface area contributed by atoms with Gasteiger partial charge in [0.25, 0.3) is 0 Å². The molecule has 0 heterocycles. The minimum Gasteiger partial charge on any atom is -0.389 e. The Morgan fingerprint density at radius 2 is 1.80 bits per heavy atom. The number of halogens is 3. The van der Waals surface area contributed by atoms with E-state index < -0.39 is 30.3 Å². The van der Waals surface area contributed by atoms with Crippen LogP contribution in [-0.4, -0.2) is 41.9 Å². The molecule has 1 fully saturated rings. The maximum Gasteiger partial charge on any atom is 0.405 e.